The first kappa shape index (κ1) is 14.3. The van der Waals surface area contributed by atoms with Crippen molar-refractivity contribution in [2.24, 2.45) is 18.7 Å². The number of carbonyl (C=O) groups is 1. The molecule has 1 aromatic rings. The Labute approximate surface area is 118 Å². The van der Waals surface area contributed by atoms with E-state index in [1.165, 1.54) is 0 Å². The van der Waals surface area contributed by atoms with Gasteiger partial charge in [0.25, 0.3) is 5.91 Å². The summed E-state index contributed by atoms with van der Waals surface area (Å²) in [5.41, 5.74) is 7.24. The molecule has 5 nitrogen and oxygen atoms in total. The molecular formula is C13H21ClN4O. The molecule has 1 aliphatic heterocycles. The van der Waals surface area contributed by atoms with E-state index in [1.807, 2.05) is 6.92 Å². The molecule has 2 N–H and O–H groups in total. The van der Waals surface area contributed by atoms with Crippen LogP contribution in [0.2, 0.25) is 5.02 Å². The van der Waals surface area contributed by atoms with Gasteiger partial charge in [-0.2, -0.15) is 5.10 Å². The zero-order valence-electron chi connectivity index (χ0n) is 11.7. The van der Waals surface area contributed by atoms with Crippen LogP contribution in [0.5, 0.6) is 0 Å². The summed E-state index contributed by atoms with van der Waals surface area (Å²) in [4.78, 5) is 14.2. The predicted octanol–water partition coefficient (Wildman–Crippen LogP) is 1.58. The fraction of sp³-hybridized carbons (Fsp3) is 0.692. The van der Waals surface area contributed by atoms with Gasteiger partial charge in [-0.1, -0.05) is 24.9 Å². The lowest BCUT2D eigenvalue weighted by Gasteiger charge is -2.14. The van der Waals surface area contributed by atoms with Crippen molar-refractivity contribution in [2.75, 3.05) is 13.1 Å². The van der Waals surface area contributed by atoms with Gasteiger partial charge in [0.15, 0.2) is 5.69 Å². The van der Waals surface area contributed by atoms with Gasteiger partial charge in [0, 0.05) is 26.2 Å². The molecule has 6 heteroatoms. The van der Waals surface area contributed by atoms with Crippen molar-refractivity contribution in [3.8, 4) is 0 Å². The van der Waals surface area contributed by atoms with E-state index in [0.717, 1.165) is 18.5 Å². The van der Waals surface area contributed by atoms with Crippen molar-refractivity contribution in [3.63, 3.8) is 0 Å². The second kappa shape index (κ2) is 5.51. The number of rotatable bonds is 3. The summed E-state index contributed by atoms with van der Waals surface area (Å²) in [6.45, 7) is 5.28. The third-order valence-electron chi connectivity index (χ3n) is 3.90. The number of nitrogens with two attached hydrogens (primary N) is 1. The molecule has 106 valence electrons. The van der Waals surface area contributed by atoms with E-state index in [4.69, 9.17) is 17.3 Å². The van der Waals surface area contributed by atoms with Gasteiger partial charge in [0.05, 0.1) is 10.7 Å². The van der Waals surface area contributed by atoms with Gasteiger partial charge >= 0.3 is 0 Å². The molecule has 1 amide bonds. The van der Waals surface area contributed by atoms with E-state index in [0.29, 0.717) is 29.7 Å². The van der Waals surface area contributed by atoms with Crippen molar-refractivity contribution in [1.82, 2.24) is 14.7 Å². The molecule has 2 rings (SSSR count). The Kier molecular flexibility index (Phi) is 4.16. The van der Waals surface area contributed by atoms with E-state index in [9.17, 15) is 4.79 Å². The second-order valence-corrected chi connectivity index (χ2v) is 5.67. The van der Waals surface area contributed by atoms with Gasteiger partial charge in [-0.3, -0.25) is 9.48 Å². The Morgan fingerprint density at radius 1 is 1.53 bits per heavy atom. The zero-order valence-corrected chi connectivity index (χ0v) is 12.4. The number of amides is 1. The van der Waals surface area contributed by atoms with Crippen LogP contribution in [0.3, 0.4) is 0 Å². The Morgan fingerprint density at radius 3 is 2.74 bits per heavy atom. The summed E-state index contributed by atoms with van der Waals surface area (Å²) in [7, 11) is 1.79. The van der Waals surface area contributed by atoms with Gasteiger partial charge in [-0.25, -0.2) is 0 Å². The highest BCUT2D eigenvalue weighted by Crippen LogP contribution is 2.25. The van der Waals surface area contributed by atoms with E-state index >= 15 is 0 Å². The van der Waals surface area contributed by atoms with Crippen LogP contribution in [0.1, 0.15) is 35.9 Å². The van der Waals surface area contributed by atoms with Crippen LogP contribution >= 0.6 is 11.6 Å². The summed E-state index contributed by atoms with van der Waals surface area (Å²) in [5, 5.41) is 4.65. The molecule has 0 spiro atoms. The van der Waals surface area contributed by atoms with Gasteiger partial charge in [0.1, 0.15) is 0 Å². The molecule has 19 heavy (non-hydrogen) atoms. The number of hydrogen-bond acceptors (Lipinski definition) is 3. The van der Waals surface area contributed by atoms with Crippen LogP contribution in [0, 0.1) is 12.8 Å². The van der Waals surface area contributed by atoms with Crippen LogP contribution in [0.4, 0.5) is 0 Å². The fourth-order valence-electron chi connectivity index (χ4n) is 2.61. The van der Waals surface area contributed by atoms with Crippen LogP contribution in [-0.4, -0.2) is 39.7 Å². The van der Waals surface area contributed by atoms with Gasteiger partial charge in [0.2, 0.25) is 0 Å². The van der Waals surface area contributed by atoms with Gasteiger partial charge < -0.3 is 10.6 Å². The number of nitrogens with zero attached hydrogens (tertiary/aromatic N) is 3. The molecule has 0 radical (unpaired) electrons. The Hall–Kier alpha value is -1.07. The molecular weight excluding hydrogens is 264 g/mol. The van der Waals surface area contributed by atoms with E-state index in [1.54, 1.807) is 16.6 Å². The van der Waals surface area contributed by atoms with Crippen LogP contribution in [-0.2, 0) is 7.05 Å². The van der Waals surface area contributed by atoms with Crippen LogP contribution in [0.15, 0.2) is 0 Å². The third-order valence-corrected chi connectivity index (χ3v) is 4.35. The molecule has 2 atom stereocenters. The normalized spacial score (nSPS) is 23.1. The Balaban J connectivity index is 2.15. The average Bonchev–Trinajstić information content (AvgIpc) is 2.86. The summed E-state index contributed by atoms with van der Waals surface area (Å²) in [5.74, 6) is 0.278. The molecule has 0 saturated carbocycles. The lowest BCUT2D eigenvalue weighted by molar-refractivity contribution is 0.0779. The minimum Gasteiger partial charge on any atom is -0.335 e. The molecule has 1 fully saturated rings. The number of hydrogen-bond donors (Lipinski definition) is 1. The molecule has 2 heterocycles. The highest BCUT2D eigenvalue weighted by atomic mass is 35.5. The summed E-state index contributed by atoms with van der Waals surface area (Å²) in [6.07, 6.45) is 2.14. The number of carbonyl (C=O) groups excluding carboxylic acids is 1. The van der Waals surface area contributed by atoms with Crippen molar-refractivity contribution < 1.29 is 4.79 Å². The number of aromatic nitrogens is 2. The van der Waals surface area contributed by atoms with Crippen LogP contribution < -0.4 is 5.73 Å². The lowest BCUT2D eigenvalue weighted by atomic mass is 9.99. The molecule has 0 aliphatic carbocycles. The van der Waals surface area contributed by atoms with Crippen LogP contribution in [0.25, 0.3) is 0 Å². The van der Waals surface area contributed by atoms with Crippen molar-refractivity contribution in [2.45, 2.75) is 32.7 Å². The maximum absolute atomic E-state index is 12.4. The second-order valence-electron chi connectivity index (χ2n) is 5.29. The van der Waals surface area contributed by atoms with Crippen molar-refractivity contribution in [3.05, 3.63) is 16.4 Å². The summed E-state index contributed by atoms with van der Waals surface area (Å²) >= 11 is 6.16. The molecule has 0 aromatic carbocycles. The number of halogens is 1. The molecule has 1 saturated heterocycles. The standard InChI is InChI=1S/C13H21ClN4O/c1-4-5-9-6-18(7-10(9)15)13(19)12-11(14)8(2)17(3)16-12/h9-10H,4-7,15H2,1-3H3. The minimum absolute atomic E-state index is 0.0625. The van der Waals surface area contributed by atoms with Gasteiger partial charge in [-0.15, -0.1) is 0 Å². The maximum atomic E-state index is 12.4. The lowest BCUT2D eigenvalue weighted by Crippen LogP contribution is -2.32. The van der Waals surface area contributed by atoms with Crippen molar-refractivity contribution in [1.29, 1.82) is 0 Å². The van der Waals surface area contributed by atoms with E-state index in [-0.39, 0.29) is 11.9 Å². The molecule has 2 unspecified atom stereocenters. The predicted molar refractivity (Wildman–Crippen MR) is 75.2 cm³/mol. The largest absolute Gasteiger partial charge is 0.335 e. The molecule has 0 bridgehead atoms. The summed E-state index contributed by atoms with van der Waals surface area (Å²) < 4.78 is 1.63. The topological polar surface area (TPSA) is 64.2 Å². The quantitative estimate of drug-likeness (QED) is 0.916. The van der Waals surface area contributed by atoms with Crippen molar-refractivity contribution >= 4 is 17.5 Å². The first-order chi connectivity index (χ1) is 8.95. The zero-order chi connectivity index (χ0) is 14.2. The number of aryl methyl sites for hydroxylation is 1. The third kappa shape index (κ3) is 2.62. The molecule has 1 aliphatic rings. The SMILES string of the molecule is CCCC1CN(C(=O)c2nn(C)c(C)c2Cl)CC1N. The minimum atomic E-state index is -0.109. The van der Waals surface area contributed by atoms with E-state index < -0.39 is 0 Å². The smallest absolute Gasteiger partial charge is 0.275 e. The maximum Gasteiger partial charge on any atom is 0.275 e. The monoisotopic (exact) mass is 284 g/mol. The highest BCUT2D eigenvalue weighted by molar-refractivity contribution is 6.34. The highest BCUT2D eigenvalue weighted by Gasteiger charge is 2.34. The fourth-order valence-corrected chi connectivity index (χ4v) is 2.85. The summed E-state index contributed by atoms with van der Waals surface area (Å²) in [6, 6.07) is 0.0625. The van der Waals surface area contributed by atoms with Gasteiger partial charge in [-0.05, 0) is 19.3 Å². The first-order valence-electron chi connectivity index (χ1n) is 6.69. The number of likely N-dealkylation sites (tertiary alicyclic amines) is 1. The Morgan fingerprint density at radius 2 is 2.21 bits per heavy atom. The Bertz CT molecular complexity index is 485. The van der Waals surface area contributed by atoms with E-state index in [2.05, 4.69) is 12.0 Å². The first-order valence-corrected chi connectivity index (χ1v) is 7.07. The molecule has 1 aromatic heterocycles. The average molecular weight is 285 g/mol.